The molecule has 6 aromatic rings. The fraction of sp³-hybridized carbons (Fsp3) is 0.114. The number of ether oxygens (including phenoxy) is 1. The molecule has 0 unspecified atom stereocenters. The summed E-state index contributed by atoms with van der Waals surface area (Å²) in [6.07, 6.45) is 1.45. The van der Waals surface area contributed by atoms with Gasteiger partial charge in [-0.2, -0.15) is 0 Å². The minimum atomic E-state index is -3.95. The Morgan fingerprint density at radius 3 is 1.81 bits per heavy atom. The van der Waals surface area contributed by atoms with Crippen molar-refractivity contribution >= 4 is 61.1 Å². The number of para-hydroxylation sites is 1. The molecule has 5 aromatic carbocycles. The van der Waals surface area contributed by atoms with Gasteiger partial charge < -0.3 is 0 Å². The van der Waals surface area contributed by atoms with Crippen molar-refractivity contribution in [1.29, 1.82) is 0 Å². The number of hydrogen-bond acceptors (Lipinski definition) is 5. The molecule has 0 aliphatic heterocycles. The van der Waals surface area contributed by atoms with E-state index >= 15 is 0 Å². The molecule has 1 aromatic heterocycles. The van der Waals surface area contributed by atoms with Crippen LogP contribution in [0.15, 0.2) is 143 Å². The van der Waals surface area contributed by atoms with Crippen molar-refractivity contribution in [3.63, 3.8) is 0 Å². The summed E-state index contributed by atoms with van der Waals surface area (Å²) in [4.78, 5) is 12.7. The molecule has 0 saturated heterocycles. The Bertz CT molecular complexity index is 1860. The number of carbonyl (C=O) groups excluding carboxylic acids is 1. The van der Waals surface area contributed by atoms with E-state index in [9.17, 15) is 13.2 Å². The molecule has 43 heavy (non-hydrogen) atoms. The molecule has 0 fully saturated rings. The predicted molar refractivity (Wildman–Crippen MR) is 176 cm³/mol. The molecule has 0 atom stereocenters. The van der Waals surface area contributed by atoms with Crippen LogP contribution in [0.5, 0.6) is 0 Å². The summed E-state index contributed by atoms with van der Waals surface area (Å²) in [7, 11) is -6.39. The minimum absolute atomic E-state index is 0.0243. The Morgan fingerprint density at radius 1 is 0.674 bits per heavy atom. The van der Waals surface area contributed by atoms with Crippen LogP contribution in [-0.4, -0.2) is 33.7 Å². The maximum atomic E-state index is 13.0. The van der Waals surface area contributed by atoms with Crippen LogP contribution < -0.4 is 20.6 Å². The van der Waals surface area contributed by atoms with Crippen molar-refractivity contribution in [2.75, 3.05) is 19.3 Å². The first-order valence-electron chi connectivity index (χ1n) is 14.2. The zero-order valence-corrected chi connectivity index (χ0v) is 25.3. The molecule has 8 heteroatoms. The van der Waals surface area contributed by atoms with E-state index in [1.165, 1.54) is 28.0 Å². The fourth-order valence-electron chi connectivity index (χ4n) is 5.79. The molecular weight excluding hydrogens is 577 g/mol. The van der Waals surface area contributed by atoms with Gasteiger partial charge >= 0.3 is 217 Å². The van der Waals surface area contributed by atoms with E-state index in [4.69, 9.17) is 9.15 Å². The molecule has 0 radical (unpaired) electrons. The SMILES string of the molecule is O=C(CNS(=O)(=O)c1ccc2c(c1)oc1ccccc12)OCCC[PH](c1ccccc1)(c1ccccc1)c1ccccc1. The molecule has 0 aliphatic carbocycles. The van der Waals surface area contributed by atoms with Crippen molar-refractivity contribution in [2.45, 2.75) is 11.3 Å². The van der Waals surface area contributed by atoms with Gasteiger partial charge in [-0.05, 0) is 6.07 Å². The first kappa shape index (κ1) is 28.8. The van der Waals surface area contributed by atoms with Gasteiger partial charge in [0, 0.05) is 5.39 Å². The van der Waals surface area contributed by atoms with Crippen LogP contribution in [0.4, 0.5) is 0 Å². The molecule has 0 saturated carbocycles. The van der Waals surface area contributed by atoms with E-state index in [2.05, 4.69) is 77.5 Å². The van der Waals surface area contributed by atoms with Crippen molar-refractivity contribution in [3.05, 3.63) is 133 Å². The third-order valence-corrected chi connectivity index (χ3v) is 14.3. The summed E-state index contributed by atoms with van der Waals surface area (Å²) in [6.45, 7) is -0.272. The molecule has 6 rings (SSSR count). The van der Waals surface area contributed by atoms with Crippen molar-refractivity contribution in [1.82, 2.24) is 4.72 Å². The van der Waals surface area contributed by atoms with Gasteiger partial charge in [-0.15, -0.1) is 0 Å². The Hall–Kier alpha value is -4.29. The molecular formula is C35H32NO5PS. The number of esters is 1. The zero-order chi connectivity index (χ0) is 29.7. The van der Waals surface area contributed by atoms with Gasteiger partial charge in [-0.3, -0.25) is 0 Å². The fourth-order valence-corrected chi connectivity index (χ4v) is 11.6. The number of furan rings is 1. The maximum absolute atomic E-state index is 13.0. The van der Waals surface area contributed by atoms with Crippen LogP contribution in [-0.2, 0) is 19.6 Å². The summed E-state index contributed by atoms with van der Waals surface area (Å²) in [5, 5.41) is 5.60. The first-order chi connectivity index (χ1) is 21.0. The van der Waals surface area contributed by atoms with Crippen LogP contribution in [0.1, 0.15) is 6.42 Å². The molecule has 0 aliphatic rings. The summed E-state index contributed by atoms with van der Waals surface area (Å²) < 4.78 is 39.7. The van der Waals surface area contributed by atoms with Gasteiger partial charge in [0.05, 0.1) is 0 Å². The number of benzene rings is 5. The van der Waals surface area contributed by atoms with Crippen molar-refractivity contribution in [2.24, 2.45) is 0 Å². The third kappa shape index (κ3) is 5.98. The first-order valence-corrected chi connectivity index (χ1v) is 17.9. The van der Waals surface area contributed by atoms with E-state index in [1.807, 2.05) is 42.5 Å². The summed E-state index contributed by atoms with van der Waals surface area (Å²) in [5.41, 5.74) is 1.15. The van der Waals surface area contributed by atoms with Gasteiger partial charge in [-0.1, -0.05) is 18.2 Å². The molecule has 218 valence electrons. The molecule has 1 heterocycles. The number of rotatable bonds is 11. The van der Waals surface area contributed by atoms with Gasteiger partial charge in [0.1, 0.15) is 5.58 Å². The van der Waals surface area contributed by atoms with E-state index in [-0.39, 0.29) is 11.5 Å². The van der Waals surface area contributed by atoms with Crippen LogP contribution in [0.25, 0.3) is 21.9 Å². The molecule has 1 N–H and O–H groups in total. The summed E-state index contributed by atoms with van der Waals surface area (Å²) in [5.74, 6) is -0.625. The van der Waals surface area contributed by atoms with Crippen molar-refractivity contribution < 1.29 is 22.4 Å². The van der Waals surface area contributed by atoms with E-state index in [0.29, 0.717) is 17.6 Å². The van der Waals surface area contributed by atoms with Gasteiger partial charge in [0.25, 0.3) is 0 Å². The molecule has 0 spiro atoms. The second kappa shape index (κ2) is 12.5. The van der Waals surface area contributed by atoms with Crippen LogP contribution in [0.2, 0.25) is 0 Å². The number of sulfonamides is 1. The monoisotopic (exact) mass is 609 g/mol. The van der Waals surface area contributed by atoms with Gasteiger partial charge in [0.2, 0.25) is 0 Å². The second-order valence-electron chi connectivity index (χ2n) is 10.4. The number of nitrogens with one attached hydrogen (secondary N) is 1. The van der Waals surface area contributed by atoms with Crippen molar-refractivity contribution in [3.8, 4) is 0 Å². The Kier molecular flexibility index (Phi) is 8.39. The molecule has 6 nitrogen and oxygen atoms in total. The normalized spacial score (nSPS) is 12.4. The average molecular weight is 610 g/mol. The van der Waals surface area contributed by atoms with Crippen LogP contribution in [0.3, 0.4) is 0 Å². The quantitative estimate of drug-likeness (QED) is 0.119. The van der Waals surface area contributed by atoms with E-state index in [1.54, 1.807) is 6.07 Å². The average Bonchev–Trinajstić information content (AvgIpc) is 3.43. The number of hydrogen-bond donors (Lipinski definition) is 1. The summed E-state index contributed by atoms with van der Waals surface area (Å²) >= 11 is 0. The second-order valence-corrected chi connectivity index (χ2v) is 16.2. The summed E-state index contributed by atoms with van der Waals surface area (Å²) in [6, 6.07) is 43.9. The molecule has 0 amide bonds. The van der Waals surface area contributed by atoms with Crippen LogP contribution in [0, 0.1) is 0 Å². The zero-order valence-electron chi connectivity index (χ0n) is 23.5. The Labute approximate surface area is 251 Å². The molecule has 0 bridgehead atoms. The number of carbonyl (C=O) groups is 1. The predicted octanol–water partition coefficient (Wildman–Crippen LogP) is 5.52. The Balaban J connectivity index is 1.13. The van der Waals surface area contributed by atoms with E-state index in [0.717, 1.165) is 16.9 Å². The Morgan fingerprint density at radius 2 is 1.21 bits per heavy atom. The van der Waals surface area contributed by atoms with Gasteiger partial charge in [-0.25, -0.2) is 0 Å². The van der Waals surface area contributed by atoms with E-state index < -0.39 is 29.8 Å². The topological polar surface area (TPSA) is 85.6 Å². The van der Waals surface area contributed by atoms with Crippen LogP contribution >= 0.6 is 7.26 Å². The standard InChI is InChI=1S/C35H32NO5PS/c37-35(26-36-43(38,39)30-21-22-32-31-19-10-11-20-33(31)41-34(32)25-30)40-23-12-24-42(27-13-4-1-5-14-27,28-15-6-2-7-16-28)29-17-8-3-9-18-29/h1-11,13-22,25,36,42H,12,23-24,26H2. The van der Waals surface area contributed by atoms with Gasteiger partial charge in [0.15, 0.2) is 0 Å². The number of fused-ring (bicyclic) bond motifs is 3. The third-order valence-electron chi connectivity index (χ3n) is 7.83.